The van der Waals surface area contributed by atoms with Crippen molar-refractivity contribution in [3.05, 3.63) is 11.6 Å². The Morgan fingerprint density at radius 1 is 1.43 bits per heavy atom. The Morgan fingerprint density at radius 2 is 2.07 bits per heavy atom. The summed E-state index contributed by atoms with van der Waals surface area (Å²) >= 11 is 0. The third-order valence-corrected chi connectivity index (χ3v) is 3.17. The average Bonchev–Trinajstić information content (AvgIpc) is 2.95. The van der Waals surface area contributed by atoms with Gasteiger partial charge in [-0.25, -0.2) is 4.98 Å². The van der Waals surface area contributed by atoms with Crippen molar-refractivity contribution < 1.29 is 0 Å². The van der Waals surface area contributed by atoms with E-state index < -0.39 is 0 Å². The average molecular weight is 194 g/mol. The lowest BCUT2D eigenvalue weighted by molar-refractivity contribution is 0.388. The summed E-state index contributed by atoms with van der Waals surface area (Å²) in [5.74, 6) is 2.43. The number of nitrogens with one attached hydrogen (secondary N) is 1. The molecule has 1 aliphatic rings. The fourth-order valence-corrected chi connectivity index (χ4v) is 1.60. The molecule has 1 aliphatic carbocycles. The second-order valence-electron chi connectivity index (χ2n) is 4.18. The molecule has 0 atom stereocenters. The number of hydrogen-bond donors (Lipinski definition) is 2. The number of hydrogen-bond acceptors (Lipinski definition) is 3. The molecule has 0 saturated heterocycles. The summed E-state index contributed by atoms with van der Waals surface area (Å²) < 4.78 is 0. The number of aromatic nitrogens is 3. The zero-order valence-electron chi connectivity index (χ0n) is 8.88. The molecule has 0 unspecified atom stereocenters. The highest BCUT2D eigenvalue weighted by molar-refractivity contribution is 5.10. The van der Waals surface area contributed by atoms with E-state index in [2.05, 4.69) is 29.0 Å². The fraction of sp³-hybridized carbons (Fsp3) is 0.800. The Morgan fingerprint density at radius 3 is 2.57 bits per heavy atom. The molecule has 4 nitrogen and oxygen atoms in total. The standard InChI is InChI=1S/C10H18N4/c1-3-10(11,4-2)9-12-8(13-14-9)7-5-6-7/h7H,3-6,11H2,1-2H3,(H,12,13,14). The molecule has 14 heavy (non-hydrogen) atoms. The number of nitrogens with zero attached hydrogens (tertiary/aromatic N) is 2. The molecule has 4 heteroatoms. The minimum Gasteiger partial charge on any atom is -0.319 e. The van der Waals surface area contributed by atoms with Crippen LogP contribution in [0.2, 0.25) is 0 Å². The van der Waals surface area contributed by atoms with Gasteiger partial charge in [0.05, 0.1) is 5.54 Å². The molecule has 1 fully saturated rings. The summed E-state index contributed by atoms with van der Waals surface area (Å²) in [6, 6.07) is 0. The van der Waals surface area contributed by atoms with E-state index in [9.17, 15) is 0 Å². The second kappa shape index (κ2) is 3.35. The van der Waals surface area contributed by atoms with E-state index in [0.29, 0.717) is 5.92 Å². The first kappa shape index (κ1) is 9.65. The fourth-order valence-electron chi connectivity index (χ4n) is 1.60. The van der Waals surface area contributed by atoms with Crippen LogP contribution in [0.3, 0.4) is 0 Å². The van der Waals surface area contributed by atoms with Crippen molar-refractivity contribution in [1.82, 2.24) is 15.2 Å². The monoisotopic (exact) mass is 194 g/mol. The van der Waals surface area contributed by atoms with Crippen molar-refractivity contribution >= 4 is 0 Å². The number of rotatable bonds is 4. The molecule has 0 amide bonds. The van der Waals surface area contributed by atoms with Gasteiger partial charge >= 0.3 is 0 Å². The van der Waals surface area contributed by atoms with Crippen LogP contribution in [0.25, 0.3) is 0 Å². The van der Waals surface area contributed by atoms with Gasteiger partial charge in [0, 0.05) is 5.92 Å². The van der Waals surface area contributed by atoms with Gasteiger partial charge in [0.15, 0.2) is 5.82 Å². The molecule has 1 aromatic heterocycles. The quantitative estimate of drug-likeness (QED) is 0.766. The van der Waals surface area contributed by atoms with E-state index in [4.69, 9.17) is 5.73 Å². The Labute approximate surface area is 84.3 Å². The van der Waals surface area contributed by atoms with Crippen LogP contribution in [0.15, 0.2) is 0 Å². The molecule has 0 aliphatic heterocycles. The van der Waals surface area contributed by atoms with Crippen molar-refractivity contribution in [2.24, 2.45) is 5.73 Å². The predicted octanol–water partition coefficient (Wildman–Crippen LogP) is 1.66. The van der Waals surface area contributed by atoms with Crippen LogP contribution in [-0.2, 0) is 5.54 Å². The van der Waals surface area contributed by atoms with E-state index in [1.165, 1.54) is 12.8 Å². The normalized spacial score (nSPS) is 17.4. The molecule has 0 bridgehead atoms. The maximum atomic E-state index is 6.21. The molecule has 0 radical (unpaired) electrons. The second-order valence-corrected chi connectivity index (χ2v) is 4.18. The zero-order chi connectivity index (χ0) is 10.2. The van der Waals surface area contributed by atoms with Crippen LogP contribution in [0.1, 0.15) is 57.1 Å². The van der Waals surface area contributed by atoms with Gasteiger partial charge < -0.3 is 5.73 Å². The van der Waals surface area contributed by atoms with Gasteiger partial charge in [-0.3, -0.25) is 5.10 Å². The van der Waals surface area contributed by atoms with Crippen LogP contribution in [-0.4, -0.2) is 15.2 Å². The minimum absolute atomic E-state index is 0.344. The van der Waals surface area contributed by atoms with Crippen molar-refractivity contribution in [3.8, 4) is 0 Å². The van der Waals surface area contributed by atoms with Gasteiger partial charge in [0.25, 0.3) is 0 Å². The van der Waals surface area contributed by atoms with Gasteiger partial charge in [0.1, 0.15) is 5.82 Å². The van der Waals surface area contributed by atoms with E-state index in [1.807, 2.05) is 0 Å². The summed E-state index contributed by atoms with van der Waals surface area (Å²) in [4.78, 5) is 4.49. The van der Waals surface area contributed by atoms with Gasteiger partial charge in [-0.15, -0.1) is 0 Å². The van der Waals surface area contributed by atoms with Gasteiger partial charge in [-0.2, -0.15) is 5.10 Å². The van der Waals surface area contributed by atoms with Gasteiger partial charge in [-0.05, 0) is 25.7 Å². The lowest BCUT2D eigenvalue weighted by Crippen LogP contribution is -2.36. The smallest absolute Gasteiger partial charge is 0.170 e. The molecule has 3 N–H and O–H groups in total. The van der Waals surface area contributed by atoms with Crippen molar-refractivity contribution in [3.63, 3.8) is 0 Å². The summed E-state index contributed by atoms with van der Waals surface area (Å²) in [5, 5.41) is 7.23. The molecule has 2 rings (SSSR count). The number of nitrogens with two attached hydrogens (primary N) is 1. The number of aromatic amines is 1. The van der Waals surface area contributed by atoms with Crippen LogP contribution >= 0.6 is 0 Å². The molecule has 0 aromatic carbocycles. The lowest BCUT2D eigenvalue weighted by Gasteiger charge is -2.22. The predicted molar refractivity (Wildman–Crippen MR) is 54.8 cm³/mol. The first-order valence-electron chi connectivity index (χ1n) is 5.41. The molecular formula is C10H18N4. The largest absolute Gasteiger partial charge is 0.319 e. The molecule has 1 aromatic rings. The first-order valence-corrected chi connectivity index (χ1v) is 5.41. The molecule has 1 saturated carbocycles. The van der Waals surface area contributed by atoms with E-state index in [0.717, 1.165) is 24.5 Å². The van der Waals surface area contributed by atoms with Crippen LogP contribution in [0, 0.1) is 0 Å². The Kier molecular flexibility index (Phi) is 2.31. The molecule has 78 valence electrons. The van der Waals surface area contributed by atoms with Crippen molar-refractivity contribution in [1.29, 1.82) is 0 Å². The van der Waals surface area contributed by atoms with Gasteiger partial charge in [-0.1, -0.05) is 13.8 Å². The summed E-state index contributed by atoms with van der Waals surface area (Å²) in [5.41, 5.74) is 5.86. The topological polar surface area (TPSA) is 67.6 Å². The highest BCUT2D eigenvalue weighted by atomic mass is 15.2. The van der Waals surface area contributed by atoms with Gasteiger partial charge in [0.2, 0.25) is 0 Å². The minimum atomic E-state index is -0.344. The lowest BCUT2D eigenvalue weighted by atomic mass is 9.93. The van der Waals surface area contributed by atoms with Crippen LogP contribution in [0.5, 0.6) is 0 Å². The molecule has 1 heterocycles. The summed E-state index contributed by atoms with van der Waals surface area (Å²) in [6.45, 7) is 4.16. The van der Waals surface area contributed by atoms with Crippen LogP contribution in [0.4, 0.5) is 0 Å². The molecule has 0 spiro atoms. The SMILES string of the molecule is CCC(N)(CC)c1n[nH]c(C2CC2)n1. The Balaban J connectivity index is 2.21. The summed E-state index contributed by atoms with van der Waals surface area (Å²) in [6.07, 6.45) is 4.24. The maximum absolute atomic E-state index is 6.21. The van der Waals surface area contributed by atoms with Crippen LogP contribution < -0.4 is 5.73 Å². The van der Waals surface area contributed by atoms with E-state index >= 15 is 0 Å². The van der Waals surface area contributed by atoms with Crippen molar-refractivity contribution in [2.45, 2.75) is 51.0 Å². The van der Waals surface area contributed by atoms with E-state index in [-0.39, 0.29) is 5.54 Å². The van der Waals surface area contributed by atoms with Crippen molar-refractivity contribution in [2.75, 3.05) is 0 Å². The Hall–Kier alpha value is -0.900. The Bertz CT molecular complexity index is 310. The third-order valence-electron chi connectivity index (χ3n) is 3.17. The highest BCUT2D eigenvalue weighted by Gasteiger charge is 2.32. The third kappa shape index (κ3) is 1.54. The zero-order valence-corrected chi connectivity index (χ0v) is 8.88. The first-order chi connectivity index (χ1) is 6.69. The maximum Gasteiger partial charge on any atom is 0.170 e. The van der Waals surface area contributed by atoms with E-state index in [1.54, 1.807) is 0 Å². The molecular weight excluding hydrogens is 176 g/mol. The summed E-state index contributed by atoms with van der Waals surface area (Å²) in [7, 11) is 0. The number of H-pyrrole nitrogens is 1. The highest BCUT2D eigenvalue weighted by Crippen LogP contribution is 2.38.